The number of nitrogen functional groups attached to an aromatic ring is 1. The summed E-state index contributed by atoms with van der Waals surface area (Å²) in [5.74, 6) is 0.451. The molecule has 116 valence electrons. The van der Waals surface area contributed by atoms with E-state index in [-0.39, 0.29) is 5.82 Å². The van der Waals surface area contributed by atoms with E-state index < -0.39 is 0 Å². The van der Waals surface area contributed by atoms with Crippen LogP contribution in [0.25, 0.3) is 0 Å². The van der Waals surface area contributed by atoms with Crippen LogP contribution in [0.4, 0.5) is 10.1 Å². The molecular weight excluding hydrogens is 281 g/mol. The van der Waals surface area contributed by atoms with Crippen molar-refractivity contribution in [3.05, 3.63) is 59.4 Å². The molecule has 0 fully saturated rings. The minimum atomic E-state index is -0.387. The van der Waals surface area contributed by atoms with Gasteiger partial charge in [0.25, 0.3) is 0 Å². The van der Waals surface area contributed by atoms with Crippen molar-refractivity contribution < 1.29 is 14.5 Å². The van der Waals surface area contributed by atoms with Crippen molar-refractivity contribution >= 4 is 11.4 Å². The first-order valence-electron chi connectivity index (χ1n) is 7.11. The van der Waals surface area contributed by atoms with Gasteiger partial charge < -0.3 is 15.8 Å². The van der Waals surface area contributed by atoms with Gasteiger partial charge in [-0.15, -0.1) is 0 Å². The zero-order chi connectivity index (χ0) is 15.9. The number of anilines is 1. The number of nitrogens with two attached hydrogens (primary N) is 2. The van der Waals surface area contributed by atoms with Gasteiger partial charge in [-0.1, -0.05) is 24.3 Å². The predicted molar refractivity (Wildman–Crippen MR) is 86.2 cm³/mol. The molecule has 0 aliphatic heterocycles. The van der Waals surface area contributed by atoms with Crippen LogP contribution in [0.3, 0.4) is 0 Å². The van der Waals surface area contributed by atoms with E-state index in [9.17, 15) is 4.39 Å². The molecular formula is C17H21FN3O+. The SMILES string of the molecule is COc1ccccc1CNCCC(=[NH2+])c1c(N)cccc1F. The Balaban J connectivity index is 1.88. The van der Waals surface area contributed by atoms with Crippen molar-refractivity contribution in [2.45, 2.75) is 13.0 Å². The molecule has 0 amide bonds. The lowest BCUT2D eigenvalue weighted by atomic mass is 10.0. The molecule has 0 bridgehead atoms. The van der Waals surface area contributed by atoms with E-state index in [1.165, 1.54) is 6.07 Å². The maximum Gasteiger partial charge on any atom is 0.186 e. The summed E-state index contributed by atoms with van der Waals surface area (Å²) in [4.78, 5) is 0. The summed E-state index contributed by atoms with van der Waals surface area (Å²) in [6, 6.07) is 12.4. The Morgan fingerprint density at radius 2 is 2.00 bits per heavy atom. The molecule has 5 heteroatoms. The fraction of sp³-hybridized carbons (Fsp3) is 0.235. The Kier molecular flexibility index (Phi) is 5.49. The van der Waals surface area contributed by atoms with Crippen LogP contribution in [0, 0.1) is 5.82 Å². The van der Waals surface area contributed by atoms with Gasteiger partial charge in [-0.05, 0) is 18.2 Å². The first kappa shape index (κ1) is 16.0. The zero-order valence-corrected chi connectivity index (χ0v) is 12.6. The molecule has 0 atom stereocenters. The predicted octanol–water partition coefficient (Wildman–Crippen LogP) is 1.14. The highest BCUT2D eigenvalue weighted by Crippen LogP contribution is 2.17. The molecule has 0 spiro atoms. The minimum absolute atomic E-state index is 0.307. The lowest BCUT2D eigenvalue weighted by Crippen LogP contribution is -2.42. The minimum Gasteiger partial charge on any atom is -0.496 e. The van der Waals surface area contributed by atoms with E-state index in [1.54, 1.807) is 19.2 Å². The molecule has 2 aromatic rings. The lowest BCUT2D eigenvalue weighted by molar-refractivity contribution is -0.115. The van der Waals surface area contributed by atoms with Crippen LogP contribution >= 0.6 is 0 Å². The summed E-state index contributed by atoms with van der Waals surface area (Å²) >= 11 is 0. The van der Waals surface area contributed by atoms with Crippen LogP contribution in [0.2, 0.25) is 0 Å². The Morgan fingerprint density at radius 1 is 1.23 bits per heavy atom. The molecule has 22 heavy (non-hydrogen) atoms. The summed E-state index contributed by atoms with van der Waals surface area (Å²) in [6.07, 6.45) is 0.514. The van der Waals surface area contributed by atoms with Crippen molar-refractivity contribution in [1.82, 2.24) is 5.32 Å². The Bertz CT molecular complexity index is 638. The number of nitrogens with one attached hydrogen (secondary N) is 1. The highest BCUT2D eigenvalue weighted by molar-refractivity contribution is 6.00. The molecule has 0 aromatic heterocycles. The van der Waals surface area contributed by atoms with E-state index in [2.05, 4.69) is 5.32 Å². The third-order valence-electron chi connectivity index (χ3n) is 3.45. The molecule has 4 nitrogen and oxygen atoms in total. The summed E-state index contributed by atoms with van der Waals surface area (Å²) in [7, 11) is 1.64. The average molecular weight is 302 g/mol. The fourth-order valence-electron chi connectivity index (χ4n) is 2.30. The maximum atomic E-state index is 13.8. The second-order valence-corrected chi connectivity index (χ2v) is 4.97. The Hall–Kier alpha value is -2.40. The normalized spacial score (nSPS) is 10.5. The third-order valence-corrected chi connectivity index (χ3v) is 3.45. The van der Waals surface area contributed by atoms with Gasteiger partial charge >= 0.3 is 0 Å². The van der Waals surface area contributed by atoms with Crippen molar-refractivity contribution in [3.63, 3.8) is 0 Å². The van der Waals surface area contributed by atoms with Crippen LogP contribution in [0.15, 0.2) is 42.5 Å². The van der Waals surface area contributed by atoms with Gasteiger partial charge in [0, 0.05) is 30.8 Å². The number of hydrogen-bond acceptors (Lipinski definition) is 3. The second kappa shape index (κ2) is 7.56. The first-order valence-corrected chi connectivity index (χ1v) is 7.11. The lowest BCUT2D eigenvalue weighted by Gasteiger charge is -2.09. The highest BCUT2D eigenvalue weighted by atomic mass is 19.1. The van der Waals surface area contributed by atoms with Gasteiger partial charge in [0.15, 0.2) is 5.71 Å². The Morgan fingerprint density at radius 3 is 2.73 bits per heavy atom. The van der Waals surface area contributed by atoms with Crippen molar-refractivity contribution in [1.29, 1.82) is 0 Å². The van der Waals surface area contributed by atoms with E-state index in [4.69, 9.17) is 15.9 Å². The van der Waals surface area contributed by atoms with Gasteiger partial charge in [0.05, 0.1) is 12.7 Å². The molecule has 0 radical (unpaired) electrons. The van der Waals surface area contributed by atoms with E-state index in [0.29, 0.717) is 36.5 Å². The van der Waals surface area contributed by atoms with Crippen LogP contribution in [-0.2, 0) is 6.54 Å². The maximum absolute atomic E-state index is 13.8. The van der Waals surface area contributed by atoms with E-state index >= 15 is 0 Å². The van der Waals surface area contributed by atoms with Gasteiger partial charge in [-0.25, -0.2) is 4.39 Å². The van der Waals surface area contributed by atoms with Crippen molar-refractivity contribution in [3.8, 4) is 5.75 Å². The number of methoxy groups -OCH3 is 1. The fourth-order valence-corrected chi connectivity index (χ4v) is 2.30. The van der Waals surface area contributed by atoms with Gasteiger partial charge in [0.1, 0.15) is 11.6 Å². The summed E-state index contributed by atoms with van der Waals surface area (Å²) < 4.78 is 19.0. The molecule has 0 aliphatic carbocycles. The number of hydrogen-bond donors (Lipinski definition) is 3. The number of para-hydroxylation sites is 1. The first-order chi connectivity index (χ1) is 10.6. The average Bonchev–Trinajstić information content (AvgIpc) is 2.51. The molecule has 0 saturated heterocycles. The molecule has 0 heterocycles. The standard InChI is InChI=1S/C17H20FN3O/c1-22-16-8-3-2-5-12(16)11-21-10-9-15(20)17-13(18)6-4-7-14(17)19/h2-8,20-21H,9-11,19H2,1H3/p+1. The number of benzene rings is 2. The molecule has 5 N–H and O–H groups in total. The van der Waals surface area contributed by atoms with Crippen LogP contribution < -0.4 is 21.2 Å². The third kappa shape index (κ3) is 3.83. The highest BCUT2D eigenvalue weighted by Gasteiger charge is 2.15. The quantitative estimate of drug-likeness (QED) is 0.408. The van der Waals surface area contributed by atoms with Gasteiger partial charge in [0.2, 0.25) is 0 Å². The summed E-state index contributed by atoms with van der Waals surface area (Å²) in [6.45, 7) is 1.28. The van der Waals surface area contributed by atoms with E-state index in [0.717, 1.165) is 11.3 Å². The topological polar surface area (TPSA) is 72.9 Å². The monoisotopic (exact) mass is 302 g/mol. The molecule has 0 aliphatic rings. The van der Waals surface area contributed by atoms with Gasteiger partial charge in [-0.2, -0.15) is 0 Å². The number of ether oxygens (including phenoxy) is 1. The van der Waals surface area contributed by atoms with Crippen LogP contribution in [-0.4, -0.2) is 19.4 Å². The summed E-state index contributed by atoms with van der Waals surface area (Å²) in [5.41, 5.74) is 7.96. The molecule has 0 unspecified atom stereocenters. The van der Waals surface area contributed by atoms with Crippen molar-refractivity contribution in [2.75, 3.05) is 19.4 Å². The summed E-state index contributed by atoms with van der Waals surface area (Å²) in [5, 5.41) is 9.24. The van der Waals surface area contributed by atoms with Crippen LogP contribution in [0.5, 0.6) is 5.75 Å². The van der Waals surface area contributed by atoms with Crippen LogP contribution in [0.1, 0.15) is 17.5 Å². The second-order valence-electron chi connectivity index (χ2n) is 4.97. The van der Waals surface area contributed by atoms with E-state index in [1.807, 2.05) is 24.3 Å². The smallest absolute Gasteiger partial charge is 0.186 e. The molecule has 2 aromatic carbocycles. The molecule has 2 rings (SSSR count). The van der Waals surface area contributed by atoms with Gasteiger partial charge in [-0.3, -0.25) is 5.41 Å². The van der Waals surface area contributed by atoms with Crippen molar-refractivity contribution in [2.24, 2.45) is 0 Å². The molecule has 0 saturated carbocycles. The largest absolute Gasteiger partial charge is 0.496 e. The number of halogens is 1. The Labute approximate surface area is 129 Å². The zero-order valence-electron chi connectivity index (χ0n) is 12.6. The number of rotatable bonds is 7.